The number of aliphatic hydroxyl groups is 1. The minimum atomic E-state index is -1.07. The number of likely N-dealkylation sites (tertiary alicyclic amines) is 1. The zero-order valence-electron chi connectivity index (χ0n) is 20.9. The molecule has 3 saturated heterocycles. The van der Waals surface area contributed by atoms with Crippen molar-refractivity contribution in [3.8, 4) is 0 Å². The highest BCUT2D eigenvalue weighted by molar-refractivity contribution is 5.98. The summed E-state index contributed by atoms with van der Waals surface area (Å²) in [5.74, 6) is -2.39. The van der Waals surface area contributed by atoms with Gasteiger partial charge in [0.25, 0.3) is 0 Å². The van der Waals surface area contributed by atoms with Crippen molar-refractivity contribution in [1.29, 1.82) is 0 Å². The zero-order chi connectivity index (χ0) is 25.2. The van der Waals surface area contributed by atoms with E-state index in [0.717, 1.165) is 32.1 Å². The van der Waals surface area contributed by atoms with Crippen molar-refractivity contribution >= 4 is 17.8 Å². The number of hydrogen-bond acceptors (Lipinski definition) is 6. The van der Waals surface area contributed by atoms with Crippen LogP contribution in [0, 0.1) is 11.8 Å². The number of rotatable bonds is 11. The first kappa shape index (κ1) is 25.9. The second-order valence-corrected chi connectivity index (χ2v) is 10.4. The summed E-state index contributed by atoms with van der Waals surface area (Å²) in [6.45, 7) is 9.77. The Kier molecular flexibility index (Phi) is 8.01. The molecule has 4 fully saturated rings. The van der Waals surface area contributed by atoms with Gasteiger partial charge < -0.3 is 24.4 Å². The average molecular weight is 489 g/mol. The van der Waals surface area contributed by atoms with Crippen LogP contribution in [0.25, 0.3) is 0 Å². The molecule has 0 aromatic heterocycles. The second kappa shape index (κ2) is 10.8. The van der Waals surface area contributed by atoms with Gasteiger partial charge in [-0.15, -0.1) is 13.2 Å². The molecule has 1 saturated carbocycles. The molecule has 35 heavy (non-hydrogen) atoms. The van der Waals surface area contributed by atoms with Crippen molar-refractivity contribution in [2.75, 3.05) is 19.8 Å². The summed E-state index contributed by atoms with van der Waals surface area (Å²) in [6, 6.07) is -1.29. The van der Waals surface area contributed by atoms with Gasteiger partial charge in [0, 0.05) is 12.6 Å². The summed E-state index contributed by atoms with van der Waals surface area (Å²) >= 11 is 0. The Labute approximate surface area is 208 Å². The van der Waals surface area contributed by atoms with E-state index in [4.69, 9.17) is 9.47 Å². The average Bonchev–Trinajstić information content (AvgIpc) is 3.51. The minimum absolute atomic E-state index is 0.0918. The van der Waals surface area contributed by atoms with Crippen LogP contribution in [0.1, 0.15) is 64.7 Å². The van der Waals surface area contributed by atoms with Crippen LogP contribution in [0.15, 0.2) is 25.3 Å². The summed E-state index contributed by atoms with van der Waals surface area (Å²) in [4.78, 5) is 44.8. The second-order valence-electron chi connectivity index (χ2n) is 10.4. The van der Waals surface area contributed by atoms with Gasteiger partial charge in [0.15, 0.2) is 0 Å². The Hall–Kier alpha value is -2.19. The molecule has 4 rings (SSSR count). The van der Waals surface area contributed by atoms with Gasteiger partial charge in [-0.3, -0.25) is 14.4 Å². The molecule has 2 bridgehead atoms. The number of amides is 2. The van der Waals surface area contributed by atoms with Crippen LogP contribution in [0.4, 0.5) is 0 Å². The number of ether oxygens (including phenoxy) is 2. The lowest BCUT2D eigenvalue weighted by Crippen LogP contribution is -2.60. The lowest BCUT2D eigenvalue weighted by Gasteiger charge is -2.42. The molecule has 0 aromatic rings. The highest BCUT2D eigenvalue weighted by atomic mass is 16.6. The highest BCUT2D eigenvalue weighted by Gasteiger charge is 2.75. The third kappa shape index (κ3) is 4.33. The number of aliphatic hydroxyl groups excluding tert-OH is 1. The van der Waals surface area contributed by atoms with Gasteiger partial charge in [0.2, 0.25) is 11.8 Å². The van der Waals surface area contributed by atoms with Crippen LogP contribution in [0.3, 0.4) is 0 Å². The van der Waals surface area contributed by atoms with Crippen molar-refractivity contribution in [1.82, 2.24) is 9.80 Å². The van der Waals surface area contributed by atoms with Crippen molar-refractivity contribution < 1.29 is 29.0 Å². The molecule has 0 radical (unpaired) electrons. The molecule has 2 unspecified atom stereocenters. The van der Waals surface area contributed by atoms with Gasteiger partial charge >= 0.3 is 5.97 Å². The lowest BCUT2D eigenvalue weighted by molar-refractivity contribution is -0.157. The Morgan fingerprint density at radius 2 is 2.00 bits per heavy atom. The van der Waals surface area contributed by atoms with Gasteiger partial charge in [0.05, 0.1) is 37.2 Å². The van der Waals surface area contributed by atoms with E-state index in [-0.39, 0.29) is 31.1 Å². The minimum Gasteiger partial charge on any atom is -0.465 e. The van der Waals surface area contributed by atoms with E-state index in [9.17, 15) is 19.5 Å². The van der Waals surface area contributed by atoms with Crippen LogP contribution in [-0.4, -0.2) is 82.3 Å². The highest BCUT2D eigenvalue weighted by Crippen LogP contribution is 2.59. The normalized spacial score (nSPS) is 32.9. The van der Waals surface area contributed by atoms with E-state index in [1.165, 1.54) is 0 Å². The molecule has 1 aliphatic carbocycles. The van der Waals surface area contributed by atoms with Gasteiger partial charge in [-0.05, 0) is 38.5 Å². The SMILES string of the molecule is C=CCCOC(=O)[C@@H]1[C@H]2C(=O)N([C@@H](CC)CO)C(C(=O)N(CC=C)C3CCCCC3)C23CC[C@H]1O3. The molecule has 1 N–H and O–H groups in total. The maximum Gasteiger partial charge on any atom is 0.312 e. The molecule has 2 amide bonds. The largest absolute Gasteiger partial charge is 0.465 e. The number of fused-ring (bicyclic) bond motifs is 1. The van der Waals surface area contributed by atoms with Crippen LogP contribution in [-0.2, 0) is 23.9 Å². The number of carbonyl (C=O) groups is 3. The molecule has 3 heterocycles. The lowest BCUT2D eigenvalue weighted by atomic mass is 9.70. The summed E-state index contributed by atoms with van der Waals surface area (Å²) < 4.78 is 12.0. The molecular formula is C27H40N2O6. The van der Waals surface area contributed by atoms with Crippen molar-refractivity contribution in [3.63, 3.8) is 0 Å². The van der Waals surface area contributed by atoms with Gasteiger partial charge in [-0.2, -0.15) is 0 Å². The maximum atomic E-state index is 14.3. The maximum absolute atomic E-state index is 14.3. The molecule has 3 aliphatic heterocycles. The quantitative estimate of drug-likeness (QED) is 0.273. The van der Waals surface area contributed by atoms with E-state index in [0.29, 0.717) is 32.2 Å². The van der Waals surface area contributed by atoms with E-state index >= 15 is 0 Å². The molecule has 8 nitrogen and oxygen atoms in total. The smallest absolute Gasteiger partial charge is 0.312 e. The predicted octanol–water partition coefficient (Wildman–Crippen LogP) is 2.60. The fourth-order valence-corrected chi connectivity index (χ4v) is 6.89. The topological polar surface area (TPSA) is 96.4 Å². The summed E-state index contributed by atoms with van der Waals surface area (Å²) in [5.41, 5.74) is -1.07. The molecule has 0 aromatic carbocycles. The Morgan fingerprint density at radius 1 is 1.26 bits per heavy atom. The van der Waals surface area contributed by atoms with E-state index < -0.39 is 41.6 Å². The molecule has 8 heteroatoms. The first-order valence-corrected chi connectivity index (χ1v) is 13.2. The number of hydrogen-bond donors (Lipinski definition) is 1. The molecular weight excluding hydrogens is 448 g/mol. The van der Waals surface area contributed by atoms with E-state index in [1.54, 1.807) is 17.1 Å². The Bertz CT molecular complexity index is 836. The molecule has 6 atom stereocenters. The number of esters is 1. The fraction of sp³-hybridized carbons (Fsp3) is 0.741. The Balaban J connectivity index is 1.71. The van der Waals surface area contributed by atoms with Gasteiger partial charge in [-0.25, -0.2) is 0 Å². The summed E-state index contributed by atoms with van der Waals surface area (Å²) in [7, 11) is 0. The fourth-order valence-electron chi connectivity index (χ4n) is 6.89. The predicted molar refractivity (Wildman–Crippen MR) is 130 cm³/mol. The molecule has 1 spiro atoms. The van der Waals surface area contributed by atoms with Gasteiger partial charge in [0.1, 0.15) is 11.6 Å². The van der Waals surface area contributed by atoms with E-state index in [1.807, 2.05) is 11.8 Å². The zero-order valence-corrected chi connectivity index (χ0v) is 20.9. The van der Waals surface area contributed by atoms with Gasteiger partial charge in [-0.1, -0.05) is 38.3 Å². The first-order chi connectivity index (χ1) is 16.9. The van der Waals surface area contributed by atoms with E-state index in [2.05, 4.69) is 13.2 Å². The van der Waals surface area contributed by atoms with Crippen LogP contribution in [0.5, 0.6) is 0 Å². The standard InChI is InChI=1S/C27H40N2O6/c1-4-7-16-34-26(33)21-20-13-14-27(35-20)22(21)24(31)29(18(6-3)17-30)23(27)25(32)28(15-5-2)19-11-9-8-10-12-19/h4-5,18-23,30H,1-2,6-17H2,3H3/t18-,20+,21-,22-,23?,27?/m0/s1. The van der Waals surface area contributed by atoms with Crippen molar-refractivity contribution in [2.45, 2.75) is 94.5 Å². The van der Waals surface area contributed by atoms with Crippen molar-refractivity contribution in [2.24, 2.45) is 11.8 Å². The first-order valence-electron chi connectivity index (χ1n) is 13.2. The van der Waals surface area contributed by atoms with Crippen molar-refractivity contribution in [3.05, 3.63) is 25.3 Å². The molecule has 194 valence electrons. The Morgan fingerprint density at radius 3 is 2.63 bits per heavy atom. The third-order valence-corrected chi connectivity index (χ3v) is 8.51. The number of carbonyl (C=O) groups excluding carboxylic acids is 3. The summed E-state index contributed by atoms with van der Waals surface area (Å²) in [5, 5.41) is 10.2. The monoisotopic (exact) mass is 488 g/mol. The number of nitrogens with zero attached hydrogens (tertiary/aromatic N) is 2. The van der Waals surface area contributed by atoms with Crippen LogP contribution in [0.2, 0.25) is 0 Å². The summed E-state index contributed by atoms with van der Waals surface area (Å²) in [6.07, 6.45) is 10.3. The molecule has 4 aliphatic rings. The third-order valence-electron chi connectivity index (χ3n) is 8.51. The van der Waals surface area contributed by atoms with Crippen LogP contribution < -0.4 is 0 Å². The van der Waals surface area contributed by atoms with Crippen LogP contribution >= 0.6 is 0 Å².